The molecule has 1 atom stereocenters. The summed E-state index contributed by atoms with van der Waals surface area (Å²) in [4.78, 5) is 21.2. The lowest BCUT2D eigenvalue weighted by Gasteiger charge is -2.11. The molecule has 1 aromatic heterocycles. The molecule has 0 radical (unpaired) electrons. The Bertz CT molecular complexity index is 386. The largest absolute Gasteiger partial charge is 0.387 e. The van der Waals surface area contributed by atoms with Gasteiger partial charge in [0.2, 0.25) is 0 Å². The van der Waals surface area contributed by atoms with Gasteiger partial charge in [0.05, 0.1) is 6.10 Å². The number of aliphatic hydroxyl groups excluding tert-OH is 1. The van der Waals surface area contributed by atoms with E-state index in [1.807, 2.05) is 19.3 Å². The predicted octanol–water partition coefficient (Wildman–Crippen LogP) is -0.950. The number of aromatic nitrogens is 1. The van der Waals surface area contributed by atoms with E-state index in [2.05, 4.69) is 5.32 Å². The number of carbonyl (C=O) groups excluding carboxylic acids is 2. The van der Waals surface area contributed by atoms with Crippen LogP contribution in [-0.4, -0.2) is 28.0 Å². The molecule has 0 fully saturated rings. The summed E-state index contributed by atoms with van der Waals surface area (Å²) in [6.45, 7) is 0.203. The number of amides is 2. The first-order chi connectivity index (χ1) is 7.52. The van der Waals surface area contributed by atoms with Gasteiger partial charge in [-0.3, -0.25) is 9.59 Å². The van der Waals surface area contributed by atoms with Crippen molar-refractivity contribution in [2.45, 2.75) is 12.5 Å². The molecule has 0 saturated carbocycles. The molecule has 0 aromatic carbocycles. The maximum absolute atomic E-state index is 10.8. The maximum Gasteiger partial charge on any atom is 0.309 e. The molecule has 0 spiro atoms. The van der Waals surface area contributed by atoms with Crippen LogP contribution in [0.3, 0.4) is 0 Å². The summed E-state index contributed by atoms with van der Waals surface area (Å²) in [7, 11) is 1.82. The van der Waals surface area contributed by atoms with Gasteiger partial charge in [-0.1, -0.05) is 0 Å². The van der Waals surface area contributed by atoms with Gasteiger partial charge in [0.1, 0.15) is 0 Å². The van der Waals surface area contributed by atoms with E-state index in [0.29, 0.717) is 6.42 Å². The third kappa shape index (κ3) is 3.09. The molecule has 6 heteroatoms. The van der Waals surface area contributed by atoms with Crippen molar-refractivity contribution in [3.8, 4) is 0 Å². The van der Waals surface area contributed by atoms with E-state index in [0.717, 1.165) is 5.69 Å². The molecular formula is C10H15N3O3. The third-order valence-corrected chi connectivity index (χ3v) is 2.25. The SMILES string of the molecule is Cn1cccc1C(O)CCNC(=O)C(N)=O. The first-order valence-corrected chi connectivity index (χ1v) is 4.89. The number of nitrogens with two attached hydrogens (primary N) is 1. The van der Waals surface area contributed by atoms with Gasteiger partial charge in [-0.2, -0.15) is 0 Å². The van der Waals surface area contributed by atoms with Crippen molar-refractivity contribution in [3.63, 3.8) is 0 Å². The number of nitrogens with zero attached hydrogens (tertiary/aromatic N) is 1. The first kappa shape index (κ1) is 12.3. The van der Waals surface area contributed by atoms with Gasteiger partial charge in [0.25, 0.3) is 0 Å². The molecule has 1 unspecified atom stereocenters. The summed E-state index contributed by atoms with van der Waals surface area (Å²) in [6, 6.07) is 3.61. The number of nitrogens with one attached hydrogen (secondary N) is 1. The molecule has 4 N–H and O–H groups in total. The highest BCUT2D eigenvalue weighted by Gasteiger charge is 2.12. The van der Waals surface area contributed by atoms with E-state index in [9.17, 15) is 14.7 Å². The van der Waals surface area contributed by atoms with Crippen molar-refractivity contribution in [1.29, 1.82) is 0 Å². The van der Waals surface area contributed by atoms with Crippen LogP contribution in [0.2, 0.25) is 0 Å². The number of hydrogen-bond acceptors (Lipinski definition) is 3. The van der Waals surface area contributed by atoms with Crippen LogP contribution in [0.4, 0.5) is 0 Å². The minimum atomic E-state index is -1.02. The van der Waals surface area contributed by atoms with Gasteiger partial charge in [-0.05, 0) is 18.6 Å². The Labute approximate surface area is 93.0 Å². The minimum absolute atomic E-state index is 0.203. The predicted molar refractivity (Wildman–Crippen MR) is 57.2 cm³/mol. The highest BCUT2D eigenvalue weighted by atomic mass is 16.3. The minimum Gasteiger partial charge on any atom is -0.387 e. The summed E-state index contributed by atoms with van der Waals surface area (Å²) in [6.07, 6.45) is 1.48. The highest BCUT2D eigenvalue weighted by Crippen LogP contribution is 2.15. The summed E-state index contributed by atoms with van der Waals surface area (Å²) in [5.74, 6) is -1.85. The van der Waals surface area contributed by atoms with Gasteiger partial charge < -0.3 is 20.7 Å². The van der Waals surface area contributed by atoms with Crippen LogP contribution >= 0.6 is 0 Å². The second-order valence-electron chi connectivity index (χ2n) is 3.47. The van der Waals surface area contributed by atoms with Crippen molar-refractivity contribution < 1.29 is 14.7 Å². The maximum atomic E-state index is 10.8. The van der Waals surface area contributed by atoms with Crippen LogP contribution in [0.25, 0.3) is 0 Å². The highest BCUT2D eigenvalue weighted by molar-refractivity contribution is 6.34. The molecule has 1 heterocycles. The van der Waals surface area contributed by atoms with Crippen molar-refractivity contribution in [3.05, 3.63) is 24.0 Å². The molecule has 0 aliphatic rings. The van der Waals surface area contributed by atoms with Crippen LogP contribution in [0, 0.1) is 0 Å². The molecule has 88 valence electrons. The topological polar surface area (TPSA) is 97.3 Å². The zero-order chi connectivity index (χ0) is 12.1. The van der Waals surface area contributed by atoms with Crippen molar-refractivity contribution in [2.75, 3.05) is 6.54 Å². The number of rotatable bonds is 4. The van der Waals surface area contributed by atoms with Crippen LogP contribution in [0.1, 0.15) is 18.2 Å². The van der Waals surface area contributed by atoms with E-state index in [1.165, 1.54) is 0 Å². The Morgan fingerprint density at radius 1 is 1.62 bits per heavy atom. The summed E-state index contributed by atoms with van der Waals surface area (Å²) >= 11 is 0. The number of aliphatic hydroxyl groups is 1. The van der Waals surface area contributed by atoms with E-state index in [1.54, 1.807) is 10.6 Å². The lowest BCUT2D eigenvalue weighted by molar-refractivity contribution is -0.137. The van der Waals surface area contributed by atoms with E-state index < -0.39 is 17.9 Å². The Morgan fingerprint density at radius 3 is 2.81 bits per heavy atom. The molecule has 6 nitrogen and oxygen atoms in total. The van der Waals surface area contributed by atoms with Crippen LogP contribution in [0.15, 0.2) is 18.3 Å². The second kappa shape index (κ2) is 5.32. The number of hydrogen-bond donors (Lipinski definition) is 3. The Morgan fingerprint density at radius 2 is 2.31 bits per heavy atom. The van der Waals surface area contributed by atoms with Gasteiger partial charge in [0, 0.05) is 25.5 Å². The molecule has 0 aliphatic carbocycles. The second-order valence-corrected chi connectivity index (χ2v) is 3.47. The van der Waals surface area contributed by atoms with E-state index >= 15 is 0 Å². The van der Waals surface area contributed by atoms with Gasteiger partial charge in [0.15, 0.2) is 0 Å². The summed E-state index contributed by atoms with van der Waals surface area (Å²) in [5, 5.41) is 12.1. The normalized spacial score (nSPS) is 12.1. The van der Waals surface area contributed by atoms with Crippen molar-refractivity contribution in [1.82, 2.24) is 9.88 Å². The lowest BCUT2D eigenvalue weighted by atomic mass is 10.2. The molecule has 1 rings (SSSR count). The molecule has 16 heavy (non-hydrogen) atoms. The molecule has 0 bridgehead atoms. The van der Waals surface area contributed by atoms with Gasteiger partial charge in [-0.15, -0.1) is 0 Å². The Kier molecular flexibility index (Phi) is 4.07. The van der Waals surface area contributed by atoms with E-state index in [4.69, 9.17) is 5.73 Å². The smallest absolute Gasteiger partial charge is 0.309 e. The fourth-order valence-electron chi connectivity index (χ4n) is 1.38. The number of primary amides is 1. The molecule has 1 aromatic rings. The average molecular weight is 225 g/mol. The first-order valence-electron chi connectivity index (χ1n) is 4.89. The quantitative estimate of drug-likeness (QED) is 0.576. The Balaban J connectivity index is 2.37. The standard InChI is InChI=1S/C10H15N3O3/c1-13-6-2-3-7(13)8(14)4-5-12-10(16)9(11)15/h2-3,6,8,14H,4-5H2,1H3,(H2,11,15)(H,12,16). The number of aryl methyl sites for hydroxylation is 1. The molecule has 0 saturated heterocycles. The Hall–Kier alpha value is -1.82. The van der Waals surface area contributed by atoms with Crippen molar-refractivity contribution >= 4 is 11.8 Å². The zero-order valence-corrected chi connectivity index (χ0v) is 9.01. The third-order valence-electron chi connectivity index (χ3n) is 2.25. The summed E-state index contributed by atoms with van der Waals surface area (Å²) < 4.78 is 1.79. The fraction of sp³-hybridized carbons (Fsp3) is 0.400. The molecule has 0 aliphatic heterocycles. The molecular weight excluding hydrogens is 210 g/mol. The van der Waals surface area contributed by atoms with Crippen LogP contribution in [-0.2, 0) is 16.6 Å². The van der Waals surface area contributed by atoms with Crippen LogP contribution < -0.4 is 11.1 Å². The van der Waals surface area contributed by atoms with Gasteiger partial charge >= 0.3 is 11.8 Å². The average Bonchev–Trinajstić information content (AvgIpc) is 2.64. The monoisotopic (exact) mass is 225 g/mol. The summed E-state index contributed by atoms with van der Waals surface area (Å²) in [5.41, 5.74) is 5.51. The fourth-order valence-corrected chi connectivity index (χ4v) is 1.38. The van der Waals surface area contributed by atoms with E-state index in [-0.39, 0.29) is 6.54 Å². The molecule has 2 amide bonds. The zero-order valence-electron chi connectivity index (χ0n) is 9.01. The lowest BCUT2D eigenvalue weighted by Crippen LogP contribution is -2.36. The van der Waals surface area contributed by atoms with Crippen LogP contribution in [0.5, 0.6) is 0 Å². The number of carbonyl (C=O) groups is 2. The van der Waals surface area contributed by atoms with Gasteiger partial charge in [-0.25, -0.2) is 0 Å². The van der Waals surface area contributed by atoms with Crippen molar-refractivity contribution in [2.24, 2.45) is 12.8 Å².